The number of carbonyl (C=O) groups is 1. The van der Waals surface area contributed by atoms with Gasteiger partial charge in [-0.25, -0.2) is 0 Å². The van der Waals surface area contributed by atoms with Crippen molar-refractivity contribution in [3.63, 3.8) is 0 Å². The first-order valence-electron chi connectivity index (χ1n) is 13.3. The second kappa shape index (κ2) is 13.1. The highest BCUT2D eigenvalue weighted by Crippen LogP contribution is 2.41. The summed E-state index contributed by atoms with van der Waals surface area (Å²) >= 11 is 6.34. The largest absolute Gasteiger partial charge is 0.507 e. The van der Waals surface area contributed by atoms with Gasteiger partial charge in [0.25, 0.3) is 0 Å². The molecule has 0 bridgehead atoms. The van der Waals surface area contributed by atoms with Crippen LogP contribution in [0.2, 0.25) is 5.02 Å². The summed E-state index contributed by atoms with van der Waals surface area (Å²) in [5.74, 6) is 0.481. The van der Waals surface area contributed by atoms with Crippen LogP contribution in [-0.4, -0.2) is 33.1 Å². The molecule has 0 amide bonds. The van der Waals surface area contributed by atoms with Crippen LogP contribution in [0.3, 0.4) is 0 Å². The molecule has 7 heteroatoms. The highest BCUT2D eigenvalue weighted by molar-refractivity contribution is 6.30. The fourth-order valence-corrected chi connectivity index (χ4v) is 4.71. The van der Waals surface area contributed by atoms with Crippen molar-refractivity contribution in [3.05, 3.63) is 63.9 Å². The zero-order valence-corrected chi connectivity index (χ0v) is 23.5. The van der Waals surface area contributed by atoms with Crippen molar-refractivity contribution in [2.45, 2.75) is 85.0 Å². The maximum atomic E-state index is 12.6. The van der Waals surface area contributed by atoms with E-state index in [0.29, 0.717) is 36.8 Å². The molecule has 0 aliphatic carbocycles. The van der Waals surface area contributed by atoms with Gasteiger partial charge in [0.05, 0.1) is 18.5 Å². The van der Waals surface area contributed by atoms with Gasteiger partial charge in [-0.2, -0.15) is 15.4 Å². The number of aromatic hydroxyl groups is 1. The van der Waals surface area contributed by atoms with Crippen LogP contribution >= 0.6 is 11.6 Å². The number of unbranched alkanes of at least 4 members (excludes halogenated alkanes) is 1. The highest BCUT2D eigenvalue weighted by atomic mass is 35.5. The van der Waals surface area contributed by atoms with Gasteiger partial charge < -0.3 is 9.84 Å². The quantitative estimate of drug-likeness (QED) is 0.240. The lowest BCUT2D eigenvalue weighted by Crippen LogP contribution is -2.15. The predicted molar refractivity (Wildman–Crippen MR) is 149 cm³/mol. The number of aromatic amines is 1. The van der Waals surface area contributed by atoms with Crippen LogP contribution in [0.1, 0.15) is 89.1 Å². The molecular weight excluding hydrogens is 486 g/mol. The molecule has 0 spiro atoms. The van der Waals surface area contributed by atoms with E-state index in [1.165, 1.54) is 0 Å². The zero-order valence-electron chi connectivity index (χ0n) is 22.7. The van der Waals surface area contributed by atoms with Crippen LogP contribution < -0.4 is 0 Å². The summed E-state index contributed by atoms with van der Waals surface area (Å²) in [5, 5.41) is 22.7. The molecule has 2 N–H and O–H groups in total. The summed E-state index contributed by atoms with van der Waals surface area (Å²) in [6.07, 6.45) is 7.44. The Bertz CT molecular complexity index is 1170. The van der Waals surface area contributed by atoms with Crippen molar-refractivity contribution in [1.82, 2.24) is 15.4 Å². The van der Waals surface area contributed by atoms with E-state index in [0.717, 1.165) is 59.2 Å². The number of halogens is 1. The Morgan fingerprint density at radius 3 is 2.59 bits per heavy atom. The van der Waals surface area contributed by atoms with Crippen molar-refractivity contribution in [2.75, 3.05) is 6.61 Å². The zero-order chi connectivity index (χ0) is 27.0. The van der Waals surface area contributed by atoms with Gasteiger partial charge in [-0.1, -0.05) is 77.6 Å². The summed E-state index contributed by atoms with van der Waals surface area (Å²) in [5.41, 5.74) is 4.84. The molecule has 0 saturated heterocycles. The SMILES string of the molecule is CCCCC(CC)COC(=O)CCc1cc(-c2ccc(Cl)cc2Cc2cn[nH]n2)c(O)c(C(C)(C)C)c1. The number of aryl methyl sites for hydroxylation is 1. The van der Waals surface area contributed by atoms with Crippen LogP contribution in [0.5, 0.6) is 5.75 Å². The third-order valence-electron chi connectivity index (χ3n) is 6.81. The lowest BCUT2D eigenvalue weighted by molar-refractivity contribution is -0.145. The Hall–Kier alpha value is -2.86. The number of nitrogens with zero attached hydrogens (tertiary/aromatic N) is 2. The molecule has 1 heterocycles. The summed E-state index contributed by atoms with van der Waals surface area (Å²) in [4.78, 5) is 12.6. The van der Waals surface area contributed by atoms with E-state index in [-0.39, 0.29) is 17.1 Å². The first-order chi connectivity index (χ1) is 17.6. The molecule has 37 heavy (non-hydrogen) atoms. The van der Waals surface area contributed by atoms with E-state index >= 15 is 0 Å². The third kappa shape index (κ3) is 8.06. The van der Waals surface area contributed by atoms with E-state index in [4.69, 9.17) is 16.3 Å². The molecule has 0 aliphatic heterocycles. The van der Waals surface area contributed by atoms with Crippen molar-refractivity contribution in [2.24, 2.45) is 5.92 Å². The molecule has 200 valence electrons. The van der Waals surface area contributed by atoms with E-state index < -0.39 is 0 Å². The van der Waals surface area contributed by atoms with Crippen LogP contribution in [-0.2, 0) is 27.8 Å². The fraction of sp³-hybridized carbons (Fsp3) is 0.500. The molecule has 1 aromatic heterocycles. The van der Waals surface area contributed by atoms with Crippen LogP contribution in [0.25, 0.3) is 11.1 Å². The summed E-state index contributed by atoms with van der Waals surface area (Å²) in [6.45, 7) is 11.0. The van der Waals surface area contributed by atoms with Gasteiger partial charge in [0.1, 0.15) is 5.75 Å². The van der Waals surface area contributed by atoms with Gasteiger partial charge in [-0.3, -0.25) is 4.79 Å². The number of hydrogen-bond acceptors (Lipinski definition) is 5. The van der Waals surface area contributed by atoms with E-state index in [1.54, 1.807) is 6.20 Å². The number of hydrogen-bond donors (Lipinski definition) is 2. The van der Waals surface area contributed by atoms with Crippen LogP contribution in [0, 0.1) is 5.92 Å². The standard InChI is InChI=1S/C30H40ClN3O3/c1-6-8-9-20(7-2)19-37-28(35)13-10-21-14-26(29(36)27(15-21)30(3,4)5)25-12-11-23(31)16-22(25)17-24-18-32-34-33-24/h11-12,14-16,18,20,36H,6-10,13,17,19H2,1-5H3,(H,32,33,34). The van der Waals surface area contributed by atoms with Crippen LogP contribution in [0.15, 0.2) is 36.5 Å². The van der Waals surface area contributed by atoms with Gasteiger partial charge in [0.2, 0.25) is 0 Å². The summed E-state index contributed by atoms with van der Waals surface area (Å²) in [7, 11) is 0. The topological polar surface area (TPSA) is 88.1 Å². The molecule has 0 radical (unpaired) electrons. The predicted octanol–water partition coefficient (Wildman–Crippen LogP) is 7.41. The van der Waals surface area contributed by atoms with Crippen molar-refractivity contribution in [1.29, 1.82) is 0 Å². The monoisotopic (exact) mass is 525 g/mol. The lowest BCUT2D eigenvalue weighted by Gasteiger charge is -2.24. The van der Waals surface area contributed by atoms with Crippen LogP contribution in [0.4, 0.5) is 0 Å². The Morgan fingerprint density at radius 1 is 1.16 bits per heavy atom. The number of phenols is 1. The number of aromatic nitrogens is 3. The molecule has 0 saturated carbocycles. The lowest BCUT2D eigenvalue weighted by atomic mass is 9.82. The number of rotatable bonds is 12. The van der Waals surface area contributed by atoms with Crippen molar-refractivity contribution in [3.8, 4) is 16.9 Å². The second-order valence-electron chi connectivity index (χ2n) is 10.8. The average Bonchev–Trinajstić information content (AvgIpc) is 3.36. The molecule has 1 unspecified atom stereocenters. The van der Waals surface area contributed by atoms with E-state index in [9.17, 15) is 9.90 Å². The number of H-pyrrole nitrogens is 1. The van der Waals surface area contributed by atoms with Gasteiger partial charge in [0.15, 0.2) is 0 Å². The Balaban J connectivity index is 1.87. The molecule has 0 fully saturated rings. The molecule has 1 atom stereocenters. The van der Waals surface area contributed by atoms with E-state index in [2.05, 4.69) is 50.0 Å². The summed E-state index contributed by atoms with van der Waals surface area (Å²) < 4.78 is 5.62. The molecule has 6 nitrogen and oxygen atoms in total. The van der Waals surface area contributed by atoms with Crippen molar-refractivity contribution < 1.29 is 14.6 Å². The first-order valence-corrected chi connectivity index (χ1v) is 13.7. The smallest absolute Gasteiger partial charge is 0.306 e. The number of phenolic OH excluding ortho intramolecular Hbond substituents is 1. The van der Waals surface area contributed by atoms with Gasteiger partial charge >= 0.3 is 5.97 Å². The van der Waals surface area contributed by atoms with Gasteiger partial charge in [-0.05, 0) is 59.1 Å². The Morgan fingerprint density at radius 2 is 1.95 bits per heavy atom. The molecule has 2 aromatic carbocycles. The first kappa shape index (κ1) is 28.7. The van der Waals surface area contributed by atoms with Crippen molar-refractivity contribution >= 4 is 17.6 Å². The van der Waals surface area contributed by atoms with Gasteiger partial charge in [0, 0.05) is 29.0 Å². The minimum atomic E-state index is -0.290. The Kier molecular flexibility index (Phi) is 10.2. The fourth-order valence-electron chi connectivity index (χ4n) is 4.52. The molecule has 3 aromatic rings. The third-order valence-corrected chi connectivity index (χ3v) is 7.05. The minimum Gasteiger partial charge on any atom is -0.507 e. The maximum absolute atomic E-state index is 12.6. The number of ether oxygens (including phenoxy) is 1. The minimum absolute atomic E-state index is 0.180. The Labute approximate surface area is 225 Å². The van der Waals surface area contributed by atoms with Gasteiger partial charge in [-0.15, -0.1) is 0 Å². The number of esters is 1. The van der Waals surface area contributed by atoms with E-state index in [1.807, 2.05) is 30.3 Å². The molecule has 0 aliphatic rings. The highest BCUT2D eigenvalue weighted by Gasteiger charge is 2.24. The second-order valence-corrected chi connectivity index (χ2v) is 11.3. The number of nitrogens with one attached hydrogen (secondary N) is 1. The average molecular weight is 526 g/mol. The molecule has 3 rings (SSSR count). The molecular formula is C30H40ClN3O3. The number of carbonyl (C=O) groups excluding carboxylic acids is 1. The summed E-state index contributed by atoms with van der Waals surface area (Å²) in [6, 6.07) is 9.64. The number of benzene rings is 2. The maximum Gasteiger partial charge on any atom is 0.306 e. The normalized spacial score (nSPS) is 12.5.